The van der Waals surface area contributed by atoms with Crippen molar-refractivity contribution in [3.63, 3.8) is 0 Å². The minimum Gasteiger partial charge on any atom is -0.391 e. The largest absolute Gasteiger partial charge is 0.391 e. The molecule has 1 aliphatic rings. The van der Waals surface area contributed by atoms with Crippen LogP contribution in [0.5, 0.6) is 0 Å². The molecule has 0 aromatic carbocycles. The molecule has 84 valence electrons. The first-order valence-corrected chi connectivity index (χ1v) is 4.81. The summed E-state index contributed by atoms with van der Waals surface area (Å²) in [5, 5.41) is 8.76. The Morgan fingerprint density at radius 2 is 2.56 bits per heavy atom. The molecule has 1 atom stereocenters. The molecule has 2 rings (SSSR count). The van der Waals surface area contributed by atoms with E-state index in [4.69, 9.17) is 15.7 Å². The molecule has 1 aromatic rings. The highest BCUT2D eigenvalue weighted by Gasteiger charge is 2.23. The van der Waals surface area contributed by atoms with Crippen LogP contribution >= 0.6 is 0 Å². The van der Waals surface area contributed by atoms with Crippen LogP contribution < -0.4 is 16.2 Å². The summed E-state index contributed by atoms with van der Waals surface area (Å²) in [5.74, 6) is 0.410. The van der Waals surface area contributed by atoms with Crippen molar-refractivity contribution >= 4 is 11.5 Å². The molecule has 1 aliphatic heterocycles. The third-order valence-corrected chi connectivity index (χ3v) is 2.38. The average molecular weight is 221 g/mol. The maximum atomic E-state index is 11.3. The number of hydrogen-bond acceptors (Lipinski definition) is 6. The molecule has 0 aliphatic carbocycles. The molecule has 0 bridgehead atoms. The summed E-state index contributed by atoms with van der Waals surface area (Å²) < 4.78 is 5.19. The van der Waals surface area contributed by atoms with E-state index in [1.54, 1.807) is 4.90 Å². The number of aromatic amines is 1. The zero-order chi connectivity index (χ0) is 11.5. The Balaban J connectivity index is 2.27. The Hall–Kier alpha value is -2.07. The van der Waals surface area contributed by atoms with Crippen LogP contribution in [-0.2, 0) is 4.74 Å². The predicted molar refractivity (Wildman–Crippen MR) is 56.8 cm³/mol. The van der Waals surface area contributed by atoms with Gasteiger partial charge in [0.15, 0.2) is 11.9 Å². The number of rotatable bonds is 1. The summed E-state index contributed by atoms with van der Waals surface area (Å²) in [6, 6.07) is 2.02. The van der Waals surface area contributed by atoms with Crippen LogP contribution in [0.3, 0.4) is 0 Å². The molecule has 7 nitrogen and oxygen atoms in total. The molecule has 0 amide bonds. The molecule has 1 aromatic heterocycles. The predicted octanol–water partition coefficient (Wildman–Crippen LogP) is -0.919. The lowest BCUT2D eigenvalue weighted by Gasteiger charge is -2.30. The van der Waals surface area contributed by atoms with Crippen LogP contribution in [-0.4, -0.2) is 35.8 Å². The van der Waals surface area contributed by atoms with Gasteiger partial charge < -0.3 is 20.4 Å². The number of morpholine rings is 1. The van der Waals surface area contributed by atoms with E-state index >= 15 is 0 Å². The van der Waals surface area contributed by atoms with Gasteiger partial charge in [0.2, 0.25) is 0 Å². The average Bonchev–Trinajstić information content (AvgIpc) is 2.33. The van der Waals surface area contributed by atoms with Crippen LogP contribution in [0.4, 0.5) is 11.5 Å². The first-order chi connectivity index (χ1) is 7.72. The van der Waals surface area contributed by atoms with Gasteiger partial charge in [-0.15, -0.1) is 0 Å². The molecule has 7 heteroatoms. The summed E-state index contributed by atoms with van der Waals surface area (Å²) >= 11 is 0. The minimum absolute atomic E-state index is 0.0705. The van der Waals surface area contributed by atoms with Crippen molar-refractivity contribution in [2.24, 2.45) is 0 Å². The van der Waals surface area contributed by atoms with Crippen molar-refractivity contribution in [2.75, 3.05) is 30.3 Å². The van der Waals surface area contributed by atoms with Crippen LogP contribution in [0.15, 0.2) is 11.1 Å². The van der Waals surface area contributed by atoms with Gasteiger partial charge in [-0.05, 0) is 0 Å². The van der Waals surface area contributed by atoms with E-state index in [-0.39, 0.29) is 11.2 Å². The standard InChI is InChI=1S/C9H11N5O2/c10-3-6-4-14(1-2-16-6)8-7(11)9(15)13-5-12-8/h5-6H,1-2,4,11H2,(H,12,13,15). The minimum atomic E-state index is -0.505. The third-order valence-electron chi connectivity index (χ3n) is 2.38. The van der Waals surface area contributed by atoms with Crippen molar-refractivity contribution < 1.29 is 4.74 Å². The van der Waals surface area contributed by atoms with Crippen molar-refractivity contribution in [2.45, 2.75) is 6.10 Å². The van der Waals surface area contributed by atoms with E-state index in [9.17, 15) is 4.79 Å². The van der Waals surface area contributed by atoms with Gasteiger partial charge in [0.05, 0.1) is 25.5 Å². The Morgan fingerprint density at radius 1 is 1.75 bits per heavy atom. The van der Waals surface area contributed by atoms with Gasteiger partial charge in [-0.3, -0.25) is 4.79 Å². The molecular weight excluding hydrogens is 210 g/mol. The van der Waals surface area contributed by atoms with Gasteiger partial charge in [0.1, 0.15) is 5.69 Å². The number of nitrogens with one attached hydrogen (secondary N) is 1. The van der Waals surface area contributed by atoms with Gasteiger partial charge in [0.25, 0.3) is 5.56 Å². The zero-order valence-electron chi connectivity index (χ0n) is 8.51. The highest BCUT2D eigenvalue weighted by Crippen LogP contribution is 2.17. The van der Waals surface area contributed by atoms with Gasteiger partial charge in [0, 0.05) is 6.54 Å². The molecule has 1 unspecified atom stereocenters. The lowest BCUT2D eigenvalue weighted by molar-refractivity contribution is 0.0762. The first kappa shape index (κ1) is 10.4. The van der Waals surface area contributed by atoms with E-state index in [1.807, 2.05) is 6.07 Å². The molecule has 0 spiro atoms. The lowest BCUT2D eigenvalue weighted by Crippen LogP contribution is -2.43. The van der Waals surface area contributed by atoms with Crippen molar-refractivity contribution in [3.8, 4) is 6.07 Å². The molecular formula is C9H11N5O2. The number of nitrogens with zero attached hydrogens (tertiary/aromatic N) is 3. The summed E-state index contributed by atoms with van der Waals surface area (Å²) in [6.45, 7) is 1.36. The fourth-order valence-corrected chi connectivity index (χ4v) is 1.57. The van der Waals surface area contributed by atoms with Crippen LogP contribution in [0.1, 0.15) is 0 Å². The number of anilines is 2. The SMILES string of the molecule is N#CC1CN(c2nc[nH]c(=O)c2N)CCO1. The second kappa shape index (κ2) is 4.20. The fraction of sp³-hybridized carbons (Fsp3) is 0.444. The molecule has 1 saturated heterocycles. The Morgan fingerprint density at radius 3 is 3.31 bits per heavy atom. The maximum Gasteiger partial charge on any atom is 0.276 e. The number of aromatic nitrogens is 2. The van der Waals surface area contributed by atoms with E-state index in [0.29, 0.717) is 25.5 Å². The number of hydrogen-bond donors (Lipinski definition) is 2. The summed E-state index contributed by atoms with van der Waals surface area (Å²) in [4.78, 5) is 19.5. The van der Waals surface area contributed by atoms with E-state index in [1.165, 1.54) is 6.33 Å². The number of nitrogen functional groups attached to an aromatic ring is 1. The van der Waals surface area contributed by atoms with Crippen molar-refractivity contribution in [1.82, 2.24) is 9.97 Å². The Kier molecular flexibility index (Phi) is 2.74. The number of nitriles is 1. The van der Waals surface area contributed by atoms with Crippen LogP contribution in [0, 0.1) is 11.3 Å². The fourth-order valence-electron chi connectivity index (χ4n) is 1.57. The van der Waals surface area contributed by atoms with Crippen LogP contribution in [0.2, 0.25) is 0 Å². The van der Waals surface area contributed by atoms with Gasteiger partial charge in [-0.2, -0.15) is 5.26 Å². The zero-order valence-corrected chi connectivity index (χ0v) is 8.51. The Labute approximate surface area is 91.5 Å². The molecule has 0 radical (unpaired) electrons. The van der Waals surface area contributed by atoms with E-state index in [0.717, 1.165) is 0 Å². The molecule has 0 saturated carbocycles. The topological polar surface area (TPSA) is 108 Å². The smallest absolute Gasteiger partial charge is 0.276 e. The first-order valence-electron chi connectivity index (χ1n) is 4.81. The quantitative estimate of drug-likeness (QED) is 0.635. The summed E-state index contributed by atoms with van der Waals surface area (Å²) in [6.07, 6.45) is 0.791. The molecule has 3 N–H and O–H groups in total. The van der Waals surface area contributed by atoms with Crippen LogP contribution in [0.25, 0.3) is 0 Å². The highest BCUT2D eigenvalue weighted by molar-refractivity contribution is 5.61. The lowest BCUT2D eigenvalue weighted by atomic mass is 10.3. The molecule has 2 heterocycles. The number of nitrogens with two attached hydrogens (primary N) is 1. The molecule has 16 heavy (non-hydrogen) atoms. The van der Waals surface area contributed by atoms with Gasteiger partial charge >= 0.3 is 0 Å². The number of H-pyrrole nitrogens is 1. The van der Waals surface area contributed by atoms with Gasteiger partial charge in [-0.1, -0.05) is 0 Å². The second-order valence-electron chi connectivity index (χ2n) is 3.40. The monoisotopic (exact) mass is 221 g/mol. The van der Waals surface area contributed by atoms with Gasteiger partial charge in [-0.25, -0.2) is 4.98 Å². The van der Waals surface area contributed by atoms with Crippen molar-refractivity contribution in [1.29, 1.82) is 5.26 Å². The molecule has 1 fully saturated rings. The highest BCUT2D eigenvalue weighted by atomic mass is 16.5. The van der Waals surface area contributed by atoms with E-state index in [2.05, 4.69) is 9.97 Å². The normalized spacial score (nSPS) is 20.4. The third kappa shape index (κ3) is 1.83. The second-order valence-corrected chi connectivity index (χ2v) is 3.40. The summed E-state index contributed by atoms with van der Waals surface area (Å²) in [7, 11) is 0. The maximum absolute atomic E-state index is 11.3. The Bertz CT molecular complexity index is 478. The van der Waals surface area contributed by atoms with Crippen molar-refractivity contribution in [3.05, 3.63) is 16.7 Å². The summed E-state index contributed by atoms with van der Waals surface area (Å²) in [5.41, 5.74) is 5.33. The van der Waals surface area contributed by atoms with E-state index < -0.39 is 6.10 Å². The number of ether oxygens (including phenoxy) is 1.